The van der Waals surface area contributed by atoms with E-state index in [4.69, 9.17) is 4.55 Å². The molecule has 23 heavy (non-hydrogen) atoms. The fourth-order valence-electron chi connectivity index (χ4n) is 3.30. The average Bonchev–Trinajstić information content (AvgIpc) is 2.86. The summed E-state index contributed by atoms with van der Waals surface area (Å²) in [5.41, 5.74) is 0. The minimum absolute atomic E-state index is 0.715. The zero-order valence-electron chi connectivity index (χ0n) is 15.7. The van der Waals surface area contributed by atoms with Crippen molar-refractivity contribution in [2.24, 2.45) is 0 Å². The van der Waals surface area contributed by atoms with Crippen LogP contribution in [0.3, 0.4) is 0 Å². The normalized spacial score (nSPS) is 16.9. The molecule has 1 N–H and O–H groups in total. The summed E-state index contributed by atoms with van der Waals surface area (Å²) < 4.78 is 27.2. The fraction of sp³-hybridized carbons (Fsp3) is 1.00. The van der Waals surface area contributed by atoms with E-state index in [9.17, 15) is 8.42 Å². The van der Waals surface area contributed by atoms with E-state index in [1.54, 1.807) is 0 Å². The average molecular weight is 351 g/mol. The third-order valence-electron chi connectivity index (χ3n) is 4.70. The Morgan fingerprint density at radius 1 is 0.826 bits per heavy atom. The van der Waals surface area contributed by atoms with Crippen LogP contribution in [0.4, 0.5) is 0 Å². The first-order valence-electron chi connectivity index (χ1n) is 9.53. The first-order chi connectivity index (χ1) is 10.8. The number of unbranched alkanes of at least 4 members (excludes halogenated alkanes) is 9. The molecule has 1 heterocycles. The van der Waals surface area contributed by atoms with E-state index in [1.807, 2.05) is 0 Å². The van der Waals surface area contributed by atoms with Gasteiger partial charge in [-0.2, -0.15) is 8.42 Å². The maximum Gasteiger partial charge on any atom is 0.261 e. The maximum absolute atomic E-state index is 9.19. The molecule has 1 rings (SSSR count). The summed E-state index contributed by atoms with van der Waals surface area (Å²) in [4.78, 5) is 0. The maximum atomic E-state index is 9.19. The van der Waals surface area contributed by atoms with Crippen LogP contribution in [-0.4, -0.2) is 50.4 Å². The van der Waals surface area contributed by atoms with Crippen LogP contribution in [0.15, 0.2) is 0 Å². The van der Waals surface area contributed by atoms with Gasteiger partial charge in [-0.15, -0.1) is 0 Å². The van der Waals surface area contributed by atoms with Gasteiger partial charge in [0.05, 0.1) is 32.9 Å². The summed E-state index contributed by atoms with van der Waals surface area (Å²) in [6.45, 7) is 6.62. The smallest absolute Gasteiger partial charge is 0.261 e. The highest BCUT2D eigenvalue weighted by Gasteiger charge is 2.25. The number of hydrogen-bond donors (Lipinski definition) is 1. The number of likely N-dealkylation sites (tertiary alicyclic amines) is 1. The molecule has 140 valence electrons. The summed E-state index contributed by atoms with van der Waals surface area (Å²) >= 11 is 0. The highest BCUT2D eigenvalue weighted by molar-refractivity contribution is 7.85. The molecule has 0 aliphatic carbocycles. The first-order valence-corrected chi connectivity index (χ1v) is 11.4. The van der Waals surface area contributed by atoms with Gasteiger partial charge in [0.15, 0.2) is 0 Å². The summed E-state index contributed by atoms with van der Waals surface area (Å²) in [6.07, 6.45) is 18.3. The Morgan fingerprint density at radius 2 is 1.17 bits per heavy atom. The standard InChI is InChI=1S/C17H36N.CH4O3S/c1-3-4-5-6-7-8-9-10-11-12-15-18(2)16-13-14-17-18;1-5(2,3)4/h3-17H2,1-2H3;1H3,(H,2,3,4)/q+1;. The van der Waals surface area contributed by atoms with Crippen LogP contribution in [0.5, 0.6) is 0 Å². The Balaban J connectivity index is 0.000000841. The molecular weight excluding hydrogens is 310 g/mol. The van der Waals surface area contributed by atoms with Gasteiger partial charge in [-0.1, -0.05) is 58.3 Å². The van der Waals surface area contributed by atoms with Crippen LogP contribution in [0.25, 0.3) is 0 Å². The minimum Gasteiger partial charge on any atom is -0.326 e. The molecule has 4 nitrogen and oxygen atoms in total. The van der Waals surface area contributed by atoms with Crippen molar-refractivity contribution in [3.8, 4) is 0 Å². The van der Waals surface area contributed by atoms with Gasteiger partial charge < -0.3 is 4.48 Å². The van der Waals surface area contributed by atoms with Gasteiger partial charge in [0.25, 0.3) is 10.1 Å². The largest absolute Gasteiger partial charge is 0.326 e. The fourth-order valence-corrected chi connectivity index (χ4v) is 3.30. The van der Waals surface area contributed by atoms with Crippen LogP contribution in [0.2, 0.25) is 0 Å². The van der Waals surface area contributed by atoms with Crippen molar-refractivity contribution in [3.63, 3.8) is 0 Å². The van der Waals surface area contributed by atoms with Gasteiger partial charge in [0.2, 0.25) is 0 Å². The summed E-state index contributed by atoms with van der Waals surface area (Å²) in [7, 11) is -1.21. The van der Waals surface area contributed by atoms with E-state index in [1.165, 1.54) is 101 Å². The summed E-state index contributed by atoms with van der Waals surface area (Å²) in [6, 6.07) is 0. The van der Waals surface area contributed by atoms with Crippen LogP contribution in [0, 0.1) is 0 Å². The first kappa shape index (κ1) is 22.9. The predicted molar refractivity (Wildman–Crippen MR) is 99.3 cm³/mol. The second kappa shape index (κ2) is 13.2. The van der Waals surface area contributed by atoms with Crippen molar-refractivity contribution in [2.45, 2.75) is 84.0 Å². The molecule has 0 aromatic rings. The molecule has 0 amide bonds. The molecule has 1 saturated heterocycles. The molecule has 0 unspecified atom stereocenters. The van der Waals surface area contributed by atoms with Crippen molar-refractivity contribution < 1.29 is 17.5 Å². The van der Waals surface area contributed by atoms with Crippen LogP contribution in [-0.2, 0) is 10.1 Å². The van der Waals surface area contributed by atoms with Crippen LogP contribution >= 0.6 is 0 Å². The third-order valence-corrected chi connectivity index (χ3v) is 4.70. The highest BCUT2D eigenvalue weighted by atomic mass is 32.2. The monoisotopic (exact) mass is 350 g/mol. The zero-order valence-corrected chi connectivity index (χ0v) is 16.5. The van der Waals surface area contributed by atoms with Gasteiger partial charge in [-0.05, 0) is 12.8 Å². The van der Waals surface area contributed by atoms with Crippen LogP contribution in [0.1, 0.15) is 84.0 Å². The summed E-state index contributed by atoms with van der Waals surface area (Å²) in [5, 5.41) is 0. The SMILES string of the molecule is CCCCCCCCCCCC[N+]1(C)CCCC1.CS(=O)(=O)O. The topological polar surface area (TPSA) is 54.4 Å². The third kappa shape index (κ3) is 18.1. The van der Waals surface area contributed by atoms with Crippen molar-refractivity contribution in [3.05, 3.63) is 0 Å². The Hall–Kier alpha value is -0.130. The zero-order chi connectivity index (χ0) is 17.6. The Bertz CT molecular complexity index is 354. The molecule has 0 spiro atoms. The number of rotatable bonds is 11. The number of quaternary nitrogens is 1. The Kier molecular flexibility index (Phi) is 13.1. The minimum atomic E-state index is -3.67. The number of hydrogen-bond acceptors (Lipinski definition) is 2. The van der Waals surface area contributed by atoms with Gasteiger partial charge in [0, 0.05) is 12.8 Å². The quantitative estimate of drug-likeness (QED) is 0.335. The van der Waals surface area contributed by atoms with E-state index in [2.05, 4.69) is 14.0 Å². The molecule has 1 aliphatic rings. The van der Waals surface area contributed by atoms with Crippen molar-refractivity contribution >= 4 is 10.1 Å². The van der Waals surface area contributed by atoms with Crippen molar-refractivity contribution in [1.29, 1.82) is 0 Å². The van der Waals surface area contributed by atoms with E-state index in [0.717, 1.165) is 0 Å². The van der Waals surface area contributed by atoms with Gasteiger partial charge in [0.1, 0.15) is 0 Å². The van der Waals surface area contributed by atoms with Crippen LogP contribution < -0.4 is 0 Å². The van der Waals surface area contributed by atoms with Gasteiger partial charge in [-0.25, -0.2) is 0 Å². The highest BCUT2D eigenvalue weighted by Crippen LogP contribution is 2.18. The predicted octanol–water partition coefficient (Wildman–Crippen LogP) is 4.65. The van der Waals surface area contributed by atoms with E-state index < -0.39 is 10.1 Å². The molecule has 0 bridgehead atoms. The van der Waals surface area contributed by atoms with E-state index in [0.29, 0.717) is 6.26 Å². The van der Waals surface area contributed by atoms with Crippen molar-refractivity contribution in [1.82, 2.24) is 0 Å². The molecule has 0 aromatic heterocycles. The number of nitrogens with zero attached hydrogens (tertiary/aromatic N) is 1. The second-order valence-corrected chi connectivity index (χ2v) is 8.88. The lowest BCUT2D eigenvalue weighted by molar-refractivity contribution is -0.897. The Labute approximate surface area is 145 Å². The molecule has 1 aliphatic heterocycles. The van der Waals surface area contributed by atoms with Gasteiger partial charge >= 0.3 is 0 Å². The lowest BCUT2D eigenvalue weighted by atomic mass is 10.1. The lowest BCUT2D eigenvalue weighted by Crippen LogP contribution is -2.41. The molecule has 0 saturated carbocycles. The molecular formula is C18H40NO3S+. The lowest BCUT2D eigenvalue weighted by Gasteiger charge is -2.29. The Morgan fingerprint density at radius 3 is 1.57 bits per heavy atom. The molecule has 5 heteroatoms. The van der Waals surface area contributed by atoms with E-state index >= 15 is 0 Å². The molecule has 1 fully saturated rings. The molecule has 0 radical (unpaired) electrons. The molecule has 0 atom stereocenters. The van der Waals surface area contributed by atoms with Crippen molar-refractivity contribution in [2.75, 3.05) is 32.9 Å². The summed E-state index contributed by atoms with van der Waals surface area (Å²) in [5.74, 6) is 0. The molecule has 0 aromatic carbocycles. The van der Waals surface area contributed by atoms with E-state index in [-0.39, 0.29) is 0 Å². The second-order valence-electron chi connectivity index (χ2n) is 7.41. The van der Waals surface area contributed by atoms with Gasteiger partial charge in [-0.3, -0.25) is 4.55 Å².